The number of nitrogens with one attached hydrogen (secondary N) is 1. The van der Waals surface area contributed by atoms with Crippen LogP contribution in [-0.2, 0) is 19.3 Å². The average Bonchev–Trinajstić information content (AvgIpc) is 3.38. The van der Waals surface area contributed by atoms with Crippen molar-refractivity contribution in [3.63, 3.8) is 0 Å². The number of alkyl halides is 3. The Labute approximate surface area is 231 Å². The van der Waals surface area contributed by atoms with E-state index in [1.807, 2.05) is 4.90 Å². The smallest absolute Gasteiger partial charge is 0.347 e. The van der Waals surface area contributed by atoms with E-state index in [4.69, 9.17) is 10.7 Å². The summed E-state index contributed by atoms with van der Waals surface area (Å²) in [6, 6.07) is 15.3. The van der Waals surface area contributed by atoms with Gasteiger partial charge in [-0.1, -0.05) is 30.3 Å². The highest BCUT2D eigenvalue weighted by Gasteiger charge is 2.30. The van der Waals surface area contributed by atoms with Crippen LogP contribution in [0.4, 0.5) is 19.1 Å². The Morgan fingerprint density at radius 2 is 2.00 bits per heavy atom. The lowest BCUT2D eigenvalue weighted by molar-refractivity contribution is -0.137. The number of nitriles is 1. The number of thiophene rings is 1. The van der Waals surface area contributed by atoms with E-state index < -0.39 is 17.6 Å². The zero-order valence-corrected chi connectivity index (χ0v) is 22.1. The molecule has 4 aromatic rings. The number of hydrogen-bond donors (Lipinski definition) is 2. The third-order valence-electron chi connectivity index (χ3n) is 6.75. The van der Waals surface area contributed by atoms with E-state index in [0.717, 1.165) is 36.3 Å². The Kier molecular flexibility index (Phi) is 7.60. The highest BCUT2D eigenvalue weighted by Crippen LogP contribution is 2.30. The van der Waals surface area contributed by atoms with Crippen LogP contribution in [0.3, 0.4) is 0 Å². The second kappa shape index (κ2) is 11.1. The van der Waals surface area contributed by atoms with E-state index in [0.29, 0.717) is 41.2 Å². The number of piperidine rings is 1. The molecule has 1 saturated heterocycles. The van der Waals surface area contributed by atoms with Gasteiger partial charge in [0.25, 0.3) is 11.5 Å². The van der Waals surface area contributed by atoms with Crippen molar-refractivity contribution in [2.45, 2.75) is 38.1 Å². The summed E-state index contributed by atoms with van der Waals surface area (Å²) in [5, 5.41) is 12.2. The molecule has 12 heteroatoms. The van der Waals surface area contributed by atoms with Crippen molar-refractivity contribution < 1.29 is 18.0 Å². The van der Waals surface area contributed by atoms with Gasteiger partial charge >= 0.3 is 6.18 Å². The summed E-state index contributed by atoms with van der Waals surface area (Å²) in [5.41, 5.74) is 6.80. The minimum absolute atomic E-state index is 0.0825. The van der Waals surface area contributed by atoms with Gasteiger partial charge in [0, 0.05) is 25.7 Å². The first-order valence-electron chi connectivity index (χ1n) is 12.6. The van der Waals surface area contributed by atoms with Gasteiger partial charge < -0.3 is 16.0 Å². The monoisotopic (exact) mass is 566 g/mol. The van der Waals surface area contributed by atoms with Gasteiger partial charge in [0.15, 0.2) is 0 Å². The number of aromatic nitrogens is 2. The molecule has 40 heavy (non-hydrogen) atoms. The van der Waals surface area contributed by atoms with Crippen LogP contribution in [0, 0.1) is 11.3 Å². The Hall–Kier alpha value is -4.21. The third-order valence-corrected chi connectivity index (χ3v) is 7.86. The third kappa shape index (κ3) is 5.71. The second-order valence-corrected chi connectivity index (χ2v) is 10.7. The fourth-order valence-electron chi connectivity index (χ4n) is 4.75. The van der Waals surface area contributed by atoms with Gasteiger partial charge in [-0.3, -0.25) is 14.2 Å². The van der Waals surface area contributed by atoms with Gasteiger partial charge in [-0.25, -0.2) is 4.98 Å². The minimum Gasteiger partial charge on any atom is -0.347 e. The molecule has 2 aromatic heterocycles. The van der Waals surface area contributed by atoms with Gasteiger partial charge in [-0.05, 0) is 48.2 Å². The maximum atomic E-state index is 13.8. The Bertz CT molecular complexity index is 1670. The largest absolute Gasteiger partial charge is 0.416 e. The normalized spacial score (nSPS) is 15.7. The number of carbonyl (C=O) groups is 1. The lowest BCUT2D eigenvalue weighted by Crippen LogP contribution is -2.45. The lowest BCUT2D eigenvalue weighted by Gasteiger charge is -2.33. The first-order valence-corrected chi connectivity index (χ1v) is 13.4. The van der Waals surface area contributed by atoms with Crippen molar-refractivity contribution in [2.75, 3.05) is 18.0 Å². The number of nitrogens with two attached hydrogens (primary N) is 1. The van der Waals surface area contributed by atoms with E-state index >= 15 is 0 Å². The topological polar surface area (TPSA) is 117 Å². The number of benzene rings is 2. The Morgan fingerprint density at radius 1 is 1.20 bits per heavy atom. The summed E-state index contributed by atoms with van der Waals surface area (Å²) in [4.78, 5) is 33.7. The molecule has 206 valence electrons. The van der Waals surface area contributed by atoms with Crippen LogP contribution in [-0.4, -0.2) is 34.6 Å². The first kappa shape index (κ1) is 27.4. The maximum absolute atomic E-state index is 13.8. The predicted molar refractivity (Wildman–Crippen MR) is 146 cm³/mol. The molecule has 0 spiro atoms. The standard InChI is InChI=1S/C28H25F3N6O2S/c29-28(30,31)20-8-3-5-17(11-20)14-34-25(38)23-12-22-24(40-23)26(39)37(15-19-7-2-1-6-18(19)13-32)27(35-22)36-10-4-9-21(33)16-36/h1-3,5-8,11-12,21H,4,9-10,14-16,33H2,(H,34,38). The number of hydrogen-bond acceptors (Lipinski definition) is 7. The molecule has 0 aliphatic carbocycles. The number of fused-ring (bicyclic) bond motifs is 1. The quantitative estimate of drug-likeness (QED) is 0.360. The summed E-state index contributed by atoms with van der Waals surface area (Å²) in [5.74, 6) is -0.114. The molecule has 2 aromatic carbocycles. The summed E-state index contributed by atoms with van der Waals surface area (Å²) in [7, 11) is 0. The van der Waals surface area contributed by atoms with Crippen LogP contribution in [0.25, 0.3) is 10.2 Å². The summed E-state index contributed by atoms with van der Waals surface area (Å²) in [6.45, 7) is 1.16. The minimum atomic E-state index is -4.49. The molecule has 3 N–H and O–H groups in total. The maximum Gasteiger partial charge on any atom is 0.416 e. The Morgan fingerprint density at radius 3 is 2.75 bits per heavy atom. The van der Waals surface area contributed by atoms with Crippen LogP contribution < -0.4 is 21.5 Å². The van der Waals surface area contributed by atoms with Gasteiger partial charge in [-0.15, -0.1) is 11.3 Å². The van der Waals surface area contributed by atoms with Crippen LogP contribution in [0.2, 0.25) is 0 Å². The number of nitrogens with zero attached hydrogens (tertiary/aromatic N) is 4. The zero-order chi connectivity index (χ0) is 28.4. The van der Waals surface area contributed by atoms with Crippen molar-refractivity contribution in [3.8, 4) is 6.07 Å². The molecule has 0 saturated carbocycles. The average molecular weight is 567 g/mol. The molecule has 1 aliphatic rings. The Balaban J connectivity index is 1.48. The number of amides is 1. The first-order chi connectivity index (χ1) is 19.1. The molecule has 1 amide bonds. The van der Waals surface area contributed by atoms with Gasteiger partial charge in [0.2, 0.25) is 5.95 Å². The molecule has 1 unspecified atom stereocenters. The van der Waals surface area contributed by atoms with E-state index in [1.54, 1.807) is 24.3 Å². The van der Waals surface area contributed by atoms with Gasteiger partial charge in [0.1, 0.15) is 4.70 Å². The van der Waals surface area contributed by atoms with Crippen LogP contribution in [0.1, 0.15) is 44.8 Å². The van der Waals surface area contributed by atoms with Gasteiger partial charge in [0.05, 0.1) is 34.1 Å². The predicted octanol–water partition coefficient (Wildman–Crippen LogP) is 4.25. The van der Waals surface area contributed by atoms with Crippen LogP contribution in [0.15, 0.2) is 59.4 Å². The van der Waals surface area contributed by atoms with Crippen LogP contribution in [0.5, 0.6) is 0 Å². The van der Waals surface area contributed by atoms with Crippen LogP contribution >= 0.6 is 11.3 Å². The molecule has 1 aliphatic heterocycles. The number of rotatable bonds is 6. The molecule has 3 heterocycles. The van der Waals surface area contributed by atoms with Crippen molar-refractivity contribution >= 4 is 33.4 Å². The molecule has 1 fully saturated rings. The fraction of sp³-hybridized carbons (Fsp3) is 0.286. The van der Waals surface area contributed by atoms with E-state index in [-0.39, 0.29) is 34.3 Å². The number of anilines is 1. The summed E-state index contributed by atoms with van der Waals surface area (Å²) < 4.78 is 40.9. The molecule has 5 rings (SSSR count). The number of halogens is 3. The molecule has 0 radical (unpaired) electrons. The van der Waals surface area contributed by atoms with Crippen molar-refractivity contribution in [3.05, 3.63) is 92.1 Å². The number of carbonyl (C=O) groups excluding carboxylic acids is 1. The molecular formula is C28H25F3N6O2S. The van der Waals surface area contributed by atoms with Crippen molar-refractivity contribution in [1.82, 2.24) is 14.9 Å². The zero-order valence-electron chi connectivity index (χ0n) is 21.2. The lowest BCUT2D eigenvalue weighted by atomic mass is 10.1. The van der Waals surface area contributed by atoms with E-state index in [9.17, 15) is 28.0 Å². The fourth-order valence-corrected chi connectivity index (χ4v) is 5.71. The molecular weight excluding hydrogens is 541 g/mol. The summed E-state index contributed by atoms with van der Waals surface area (Å²) in [6.07, 6.45) is -2.80. The second-order valence-electron chi connectivity index (χ2n) is 9.63. The van der Waals surface area contributed by atoms with Crippen molar-refractivity contribution in [1.29, 1.82) is 5.26 Å². The highest BCUT2D eigenvalue weighted by molar-refractivity contribution is 7.20. The SMILES string of the molecule is N#Cc1ccccc1Cn1c(N2CCCC(N)C2)nc2cc(C(=O)NCc3cccc(C(F)(F)F)c3)sc2c1=O. The highest BCUT2D eigenvalue weighted by atomic mass is 32.1. The van der Waals surface area contributed by atoms with E-state index in [1.165, 1.54) is 22.8 Å². The van der Waals surface area contributed by atoms with Gasteiger partial charge in [-0.2, -0.15) is 18.4 Å². The molecule has 8 nitrogen and oxygen atoms in total. The summed E-state index contributed by atoms with van der Waals surface area (Å²) >= 11 is 0.969. The molecule has 0 bridgehead atoms. The van der Waals surface area contributed by atoms with E-state index in [2.05, 4.69) is 11.4 Å². The molecule has 1 atom stereocenters. The van der Waals surface area contributed by atoms with Crippen molar-refractivity contribution in [2.24, 2.45) is 5.73 Å².